The molecule has 2 aromatic carbocycles. The van der Waals surface area contributed by atoms with E-state index in [1.54, 1.807) is 32.4 Å². The van der Waals surface area contributed by atoms with Crippen LogP contribution in [-0.4, -0.2) is 50.6 Å². The molecule has 0 radical (unpaired) electrons. The van der Waals surface area contributed by atoms with Gasteiger partial charge >= 0.3 is 0 Å². The summed E-state index contributed by atoms with van der Waals surface area (Å²) < 4.78 is 10.5. The molecule has 0 unspecified atom stereocenters. The highest BCUT2D eigenvalue weighted by Crippen LogP contribution is 2.27. The maximum Gasteiger partial charge on any atom is 0.251 e. The Kier molecular flexibility index (Phi) is 7.93. The third-order valence-electron chi connectivity index (χ3n) is 6.03. The van der Waals surface area contributed by atoms with Gasteiger partial charge in [0.1, 0.15) is 0 Å². The van der Waals surface area contributed by atoms with Gasteiger partial charge in [-0.15, -0.1) is 0 Å². The molecule has 1 saturated heterocycles. The van der Waals surface area contributed by atoms with Crippen LogP contribution in [0.5, 0.6) is 11.5 Å². The molecule has 31 heavy (non-hydrogen) atoms. The van der Waals surface area contributed by atoms with Gasteiger partial charge in [0.25, 0.3) is 5.91 Å². The molecule has 3 rings (SSSR count). The number of carbonyl (C=O) groups excluding carboxylic acids is 2. The molecule has 0 aliphatic carbocycles. The number of carbonyl (C=O) groups is 2. The van der Waals surface area contributed by atoms with E-state index in [1.807, 2.05) is 17.0 Å². The summed E-state index contributed by atoms with van der Waals surface area (Å²) in [6, 6.07) is 13.4. The van der Waals surface area contributed by atoms with E-state index >= 15 is 0 Å². The molecule has 1 aliphatic rings. The van der Waals surface area contributed by atoms with E-state index in [1.165, 1.54) is 11.1 Å². The van der Waals surface area contributed by atoms with Crippen molar-refractivity contribution in [2.75, 3.05) is 33.9 Å². The van der Waals surface area contributed by atoms with E-state index in [2.05, 4.69) is 24.4 Å². The first-order valence-corrected chi connectivity index (χ1v) is 10.8. The van der Waals surface area contributed by atoms with E-state index in [0.717, 1.165) is 32.4 Å². The van der Waals surface area contributed by atoms with Crippen LogP contribution in [0.1, 0.15) is 40.7 Å². The standard InChI is InChI=1S/C25H32N2O4/c1-18-6-4-5-7-20(18)9-11-24(28)27-14-12-19(13-15-27)17-26-25(29)21-8-10-22(30-2)23(16-21)31-3/h4-8,10,16,19H,9,11-15,17H2,1-3H3,(H,26,29). The summed E-state index contributed by atoms with van der Waals surface area (Å²) in [5, 5.41) is 3.02. The lowest BCUT2D eigenvalue weighted by Crippen LogP contribution is -2.41. The number of hydrogen-bond donors (Lipinski definition) is 1. The molecule has 0 atom stereocenters. The van der Waals surface area contributed by atoms with Crippen LogP contribution in [0.4, 0.5) is 0 Å². The molecule has 0 spiro atoms. The van der Waals surface area contributed by atoms with Crippen molar-refractivity contribution in [1.29, 1.82) is 0 Å². The topological polar surface area (TPSA) is 67.9 Å². The maximum absolute atomic E-state index is 12.6. The Hall–Kier alpha value is -3.02. The molecular weight excluding hydrogens is 392 g/mol. The number of nitrogens with one attached hydrogen (secondary N) is 1. The highest BCUT2D eigenvalue weighted by atomic mass is 16.5. The smallest absolute Gasteiger partial charge is 0.251 e. The van der Waals surface area contributed by atoms with Crippen LogP contribution in [0.3, 0.4) is 0 Å². The van der Waals surface area contributed by atoms with Crippen molar-refractivity contribution in [3.8, 4) is 11.5 Å². The molecule has 1 aliphatic heterocycles. The van der Waals surface area contributed by atoms with E-state index in [-0.39, 0.29) is 11.8 Å². The summed E-state index contributed by atoms with van der Waals surface area (Å²) in [5.41, 5.74) is 3.02. The van der Waals surface area contributed by atoms with E-state index in [0.29, 0.717) is 35.9 Å². The molecule has 1 fully saturated rings. The molecule has 2 aromatic rings. The molecule has 0 saturated carbocycles. The minimum absolute atomic E-state index is 0.127. The number of rotatable bonds is 8. The monoisotopic (exact) mass is 424 g/mol. The van der Waals surface area contributed by atoms with Crippen molar-refractivity contribution in [2.45, 2.75) is 32.6 Å². The van der Waals surface area contributed by atoms with Crippen molar-refractivity contribution in [2.24, 2.45) is 5.92 Å². The van der Waals surface area contributed by atoms with Crippen LogP contribution in [0, 0.1) is 12.8 Å². The summed E-state index contributed by atoms with van der Waals surface area (Å²) in [4.78, 5) is 27.1. The van der Waals surface area contributed by atoms with Crippen molar-refractivity contribution in [3.05, 3.63) is 59.2 Å². The lowest BCUT2D eigenvalue weighted by atomic mass is 9.96. The van der Waals surface area contributed by atoms with Crippen LogP contribution in [0.15, 0.2) is 42.5 Å². The quantitative estimate of drug-likeness (QED) is 0.703. The lowest BCUT2D eigenvalue weighted by molar-refractivity contribution is -0.132. The predicted molar refractivity (Wildman–Crippen MR) is 121 cm³/mol. The zero-order valence-corrected chi connectivity index (χ0v) is 18.6. The number of nitrogens with zero attached hydrogens (tertiary/aromatic N) is 1. The fourth-order valence-electron chi connectivity index (χ4n) is 3.99. The largest absolute Gasteiger partial charge is 0.493 e. The van der Waals surface area contributed by atoms with Crippen molar-refractivity contribution in [3.63, 3.8) is 0 Å². The third-order valence-corrected chi connectivity index (χ3v) is 6.03. The van der Waals surface area contributed by atoms with Crippen molar-refractivity contribution in [1.82, 2.24) is 10.2 Å². The first-order chi connectivity index (χ1) is 15.0. The Balaban J connectivity index is 1.42. The molecule has 0 bridgehead atoms. The summed E-state index contributed by atoms with van der Waals surface area (Å²) in [6.45, 7) is 4.20. The number of methoxy groups -OCH3 is 2. The average molecular weight is 425 g/mol. The Bertz CT molecular complexity index is 904. The Labute approximate surface area is 184 Å². The molecule has 2 amide bonds. The van der Waals surface area contributed by atoms with Gasteiger partial charge < -0.3 is 19.7 Å². The molecule has 1 N–H and O–H groups in total. The summed E-state index contributed by atoms with van der Waals surface area (Å²) in [7, 11) is 3.12. The number of aryl methyl sites for hydroxylation is 2. The van der Waals surface area contributed by atoms with E-state index in [4.69, 9.17) is 9.47 Å². The van der Waals surface area contributed by atoms with Gasteiger partial charge in [-0.1, -0.05) is 24.3 Å². The second kappa shape index (κ2) is 10.8. The van der Waals surface area contributed by atoms with Gasteiger partial charge in [-0.05, 0) is 61.4 Å². The van der Waals surface area contributed by atoms with Gasteiger partial charge in [-0.3, -0.25) is 9.59 Å². The zero-order valence-electron chi connectivity index (χ0n) is 18.6. The van der Waals surface area contributed by atoms with Crippen LogP contribution >= 0.6 is 0 Å². The Morgan fingerprint density at radius 1 is 1.03 bits per heavy atom. The van der Waals surface area contributed by atoms with Gasteiger partial charge in [-0.2, -0.15) is 0 Å². The third kappa shape index (κ3) is 6.00. The average Bonchev–Trinajstić information content (AvgIpc) is 2.81. The Morgan fingerprint density at radius 2 is 1.74 bits per heavy atom. The van der Waals surface area contributed by atoms with E-state index < -0.39 is 0 Å². The first kappa shape index (κ1) is 22.7. The summed E-state index contributed by atoms with van der Waals surface area (Å²) in [6.07, 6.45) is 3.14. The Morgan fingerprint density at radius 3 is 2.42 bits per heavy atom. The van der Waals surface area contributed by atoms with E-state index in [9.17, 15) is 9.59 Å². The SMILES string of the molecule is COc1ccc(C(=O)NCC2CCN(C(=O)CCc3ccccc3C)CC2)cc1OC. The number of benzene rings is 2. The molecule has 6 nitrogen and oxygen atoms in total. The number of amides is 2. The van der Waals surface area contributed by atoms with Crippen molar-refractivity contribution >= 4 is 11.8 Å². The fraction of sp³-hybridized carbons (Fsp3) is 0.440. The first-order valence-electron chi connectivity index (χ1n) is 10.8. The van der Waals surface area contributed by atoms with Crippen LogP contribution in [0.2, 0.25) is 0 Å². The second-order valence-corrected chi connectivity index (χ2v) is 8.03. The molecule has 0 aromatic heterocycles. The van der Waals surface area contributed by atoms with Gasteiger partial charge in [0.05, 0.1) is 14.2 Å². The fourth-order valence-corrected chi connectivity index (χ4v) is 3.99. The number of hydrogen-bond acceptors (Lipinski definition) is 4. The van der Waals surface area contributed by atoms with Gasteiger partial charge in [0, 0.05) is 31.6 Å². The number of likely N-dealkylation sites (tertiary alicyclic amines) is 1. The predicted octanol–water partition coefficient (Wildman–Crippen LogP) is 3.61. The van der Waals surface area contributed by atoms with Crippen LogP contribution in [0.25, 0.3) is 0 Å². The molecule has 6 heteroatoms. The lowest BCUT2D eigenvalue weighted by Gasteiger charge is -2.32. The summed E-state index contributed by atoms with van der Waals surface area (Å²) in [5.74, 6) is 1.60. The van der Waals surface area contributed by atoms with Crippen LogP contribution < -0.4 is 14.8 Å². The minimum atomic E-state index is -0.127. The van der Waals surface area contributed by atoms with Crippen LogP contribution in [-0.2, 0) is 11.2 Å². The molecule has 166 valence electrons. The maximum atomic E-state index is 12.6. The molecule has 1 heterocycles. The number of ether oxygens (including phenoxy) is 2. The van der Waals surface area contributed by atoms with Gasteiger partial charge in [0.2, 0.25) is 5.91 Å². The van der Waals surface area contributed by atoms with Gasteiger partial charge in [-0.25, -0.2) is 0 Å². The normalized spacial score (nSPS) is 14.2. The number of piperidine rings is 1. The van der Waals surface area contributed by atoms with Gasteiger partial charge in [0.15, 0.2) is 11.5 Å². The molecular formula is C25H32N2O4. The minimum Gasteiger partial charge on any atom is -0.493 e. The zero-order chi connectivity index (χ0) is 22.2. The highest BCUT2D eigenvalue weighted by molar-refractivity contribution is 5.94. The highest BCUT2D eigenvalue weighted by Gasteiger charge is 2.23. The second-order valence-electron chi connectivity index (χ2n) is 8.03. The summed E-state index contributed by atoms with van der Waals surface area (Å²) >= 11 is 0. The van der Waals surface area contributed by atoms with Crippen molar-refractivity contribution < 1.29 is 19.1 Å².